The molecule has 1 fully saturated rings. The highest BCUT2D eigenvalue weighted by molar-refractivity contribution is 6.22. The van der Waals surface area contributed by atoms with Gasteiger partial charge in [0.25, 0.3) is 5.91 Å². The first-order valence-corrected chi connectivity index (χ1v) is 8.82. The molecule has 1 aliphatic carbocycles. The summed E-state index contributed by atoms with van der Waals surface area (Å²) in [4.78, 5) is 27.2. The van der Waals surface area contributed by atoms with Crippen molar-refractivity contribution in [1.82, 2.24) is 4.90 Å². The van der Waals surface area contributed by atoms with Crippen LogP contribution in [0, 0.1) is 5.92 Å². The Morgan fingerprint density at radius 2 is 1.68 bits per heavy atom. The minimum atomic E-state index is -0.326. The molecule has 1 N–H and O–H groups in total. The fraction of sp³-hybridized carbons (Fsp3) is 0.333. The van der Waals surface area contributed by atoms with Crippen LogP contribution in [0.2, 0.25) is 0 Å². The molecule has 0 spiro atoms. The number of likely N-dealkylation sites (tertiary alicyclic amines) is 1. The zero-order valence-corrected chi connectivity index (χ0v) is 14.2. The average Bonchev–Trinajstić information content (AvgIpc) is 2.94. The lowest BCUT2D eigenvalue weighted by Crippen LogP contribution is -2.40. The highest BCUT2D eigenvalue weighted by Gasteiger charge is 2.29. The number of aliphatic hydroxyl groups excluding tert-OH is 1. The Bertz CT molecular complexity index is 848. The van der Waals surface area contributed by atoms with Crippen LogP contribution in [0.3, 0.4) is 0 Å². The van der Waals surface area contributed by atoms with Crippen molar-refractivity contribution < 1.29 is 14.7 Å². The zero-order valence-electron chi connectivity index (χ0n) is 14.2. The zero-order chi connectivity index (χ0) is 17.6. The van der Waals surface area contributed by atoms with Crippen LogP contribution in [-0.4, -0.2) is 40.9 Å². The van der Waals surface area contributed by atoms with E-state index in [0.717, 1.165) is 24.0 Å². The lowest BCUT2D eigenvalue weighted by molar-refractivity contribution is 0.0521. The number of fused-ring (bicyclic) bond motifs is 3. The summed E-state index contributed by atoms with van der Waals surface area (Å²) >= 11 is 0. The molecule has 4 nitrogen and oxygen atoms in total. The molecule has 1 saturated heterocycles. The van der Waals surface area contributed by atoms with E-state index in [1.165, 1.54) is 0 Å². The number of ketones is 1. The summed E-state index contributed by atoms with van der Waals surface area (Å²) in [5.41, 5.74) is 3.74. The molecule has 25 heavy (non-hydrogen) atoms. The Labute approximate surface area is 147 Å². The van der Waals surface area contributed by atoms with E-state index in [1.807, 2.05) is 48.2 Å². The van der Waals surface area contributed by atoms with Crippen LogP contribution >= 0.6 is 0 Å². The molecule has 1 unspecified atom stereocenters. The molecule has 1 atom stereocenters. The smallest absolute Gasteiger partial charge is 0.253 e. The van der Waals surface area contributed by atoms with Gasteiger partial charge in [0, 0.05) is 29.8 Å². The molecular weight excluding hydrogens is 314 g/mol. The van der Waals surface area contributed by atoms with Crippen LogP contribution < -0.4 is 0 Å². The van der Waals surface area contributed by atoms with Crippen molar-refractivity contribution in [1.29, 1.82) is 0 Å². The van der Waals surface area contributed by atoms with Crippen molar-refractivity contribution in [2.75, 3.05) is 13.1 Å². The molecule has 1 amide bonds. The summed E-state index contributed by atoms with van der Waals surface area (Å²) in [6, 6.07) is 13.0. The van der Waals surface area contributed by atoms with Crippen LogP contribution in [0.15, 0.2) is 42.5 Å². The van der Waals surface area contributed by atoms with Crippen molar-refractivity contribution in [2.24, 2.45) is 5.92 Å². The van der Waals surface area contributed by atoms with E-state index in [-0.39, 0.29) is 23.7 Å². The summed E-state index contributed by atoms with van der Waals surface area (Å²) in [6.07, 6.45) is 1.31. The van der Waals surface area contributed by atoms with Crippen molar-refractivity contribution in [3.63, 3.8) is 0 Å². The molecule has 2 aliphatic rings. The number of aliphatic hydroxyl groups is 1. The van der Waals surface area contributed by atoms with Gasteiger partial charge in [-0.25, -0.2) is 0 Å². The second kappa shape index (κ2) is 6.12. The fourth-order valence-corrected chi connectivity index (χ4v) is 3.93. The van der Waals surface area contributed by atoms with Gasteiger partial charge in [-0.05, 0) is 48.9 Å². The van der Waals surface area contributed by atoms with E-state index >= 15 is 0 Å². The number of nitrogens with zero attached hydrogens (tertiary/aromatic N) is 1. The van der Waals surface area contributed by atoms with Gasteiger partial charge >= 0.3 is 0 Å². The first-order valence-electron chi connectivity index (χ1n) is 8.82. The summed E-state index contributed by atoms with van der Waals surface area (Å²) in [6.45, 7) is 3.12. The van der Waals surface area contributed by atoms with Crippen LogP contribution in [0.25, 0.3) is 11.1 Å². The predicted molar refractivity (Wildman–Crippen MR) is 95.6 cm³/mol. The van der Waals surface area contributed by atoms with Crippen molar-refractivity contribution in [3.8, 4) is 11.1 Å². The Balaban J connectivity index is 1.58. The summed E-state index contributed by atoms with van der Waals surface area (Å²) in [5, 5.41) is 9.70. The summed E-state index contributed by atoms with van der Waals surface area (Å²) < 4.78 is 0. The van der Waals surface area contributed by atoms with Crippen molar-refractivity contribution in [2.45, 2.75) is 25.9 Å². The van der Waals surface area contributed by atoms with E-state index in [4.69, 9.17) is 0 Å². The SMILES string of the molecule is CC(O)C1CCN(C(=O)c2ccc3c(c2)C(=O)c2ccccc2-3)CC1. The Kier molecular flexibility index (Phi) is 3.92. The van der Waals surface area contributed by atoms with Gasteiger partial charge < -0.3 is 10.0 Å². The highest BCUT2D eigenvalue weighted by atomic mass is 16.3. The maximum Gasteiger partial charge on any atom is 0.253 e. The predicted octanol–water partition coefficient (Wildman–Crippen LogP) is 3.13. The lowest BCUT2D eigenvalue weighted by Gasteiger charge is -2.33. The molecule has 0 radical (unpaired) electrons. The number of rotatable bonds is 2. The van der Waals surface area contributed by atoms with E-state index in [2.05, 4.69) is 0 Å². The van der Waals surface area contributed by atoms with Gasteiger partial charge in [-0.2, -0.15) is 0 Å². The van der Waals surface area contributed by atoms with Crippen LogP contribution in [0.1, 0.15) is 46.0 Å². The van der Waals surface area contributed by atoms with Crippen molar-refractivity contribution in [3.05, 3.63) is 59.2 Å². The fourth-order valence-electron chi connectivity index (χ4n) is 3.93. The summed E-state index contributed by atoms with van der Waals surface area (Å²) in [7, 11) is 0. The first kappa shape index (κ1) is 16.0. The van der Waals surface area contributed by atoms with Gasteiger partial charge in [-0.15, -0.1) is 0 Å². The second-order valence-corrected chi connectivity index (χ2v) is 7.01. The molecule has 1 heterocycles. The van der Waals surface area contributed by atoms with Gasteiger partial charge in [0.2, 0.25) is 0 Å². The number of carbonyl (C=O) groups is 2. The second-order valence-electron chi connectivity index (χ2n) is 7.01. The number of hydrogen-bond donors (Lipinski definition) is 1. The van der Waals surface area contributed by atoms with Crippen LogP contribution in [0.4, 0.5) is 0 Å². The number of benzene rings is 2. The summed E-state index contributed by atoms with van der Waals surface area (Å²) in [5.74, 6) is 0.226. The van der Waals surface area contributed by atoms with Gasteiger partial charge in [-0.3, -0.25) is 9.59 Å². The van der Waals surface area contributed by atoms with Gasteiger partial charge in [0.15, 0.2) is 5.78 Å². The molecule has 2 aromatic rings. The largest absolute Gasteiger partial charge is 0.393 e. The van der Waals surface area contributed by atoms with Crippen LogP contribution in [-0.2, 0) is 0 Å². The minimum Gasteiger partial charge on any atom is -0.393 e. The van der Waals surface area contributed by atoms with E-state index in [1.54, 1.807) is 6.07 Å². The molecule has 4 heteroatoms. The number of amides is 1. The monoisotopic (exact) mass is 335 g/mol. The van der Waals surface area contributed by atoms with E-state index in [9.17, 15) is 14.7 Å². The standard InChI is InChI=1S/C21H21NO3/c1-13(23)14-8-10-22(11-9-14)21(25)15-6-7-17-16-4-2-3-5-18(16)20(24)19(17)12-15/h2-7,12-14,23H,8-11H2,1H3. The third-order valence-corrected chi connectivity index (χ3v) is 5.48. The van der Waals surface area contributed by atoms with Gasteiger partial charge in [0.1, 0.15) is 0 Å². The molecule has 2 aromatic carbocycles. The molecule has 0 aromatic heterocycles. The third-order valence-electron chi connectivity index (χ3n) is 5.48. The molecule has 1 aliphatic heterocycles. The van der Waals surface area contributed by atoms with E-state index in [0.29, 0.717) is 29.8 Å². The van der Waals surface area contributed by atoms with E-state index < -0.39 is 0 Å². The molecule has 128 valence electrons. The Morgan fingerprint density at radius 1 is 1.04 bits per heavy atom. The third kappa shape index (κ3) is 2.67. The Morgan fingerprint density at radius 3 is 2.36 bits per heavy atom. The number of hydrogen-bond acceptors (Lipinski definition) is 3. The van der Waals surface area contributed by atoms with Crippen molar-refractivity contribution >= 4 is 11.7 Å². The quantitative estimate of drug-likeness (QED) is 0.783. The maximum absolute atomic E-state index is 12.8. The van der Waals surface area contributed by atoms with Crippen LogP contribution in [0.5, 0.6) is 0 Å². The molecule has 4 rings (SSSR count). The molecule has 0 saturated carbocycles. The number of carbonyl (C=O) groups excluding carboxylic acids is 2. The normalized spacial score (nSPS) is 18.0. The van der Waals surface area contributed by atoms with Gasteiger partial charge in [-0.1, -0.05) is 30.3 Å². The molecular formula is C21H21NO3. The topological polar surface area (TPSA) is 57.6 Å². The van der Waals surface area contributed by atoms with Gasteiger partial charge in [0.05, 0.1) is 6.10 Å². The lowest BCUT2D eigenvalue weighted by atomic mass is 9.92. The number of piperidine rings is 1. The average molecular weight is 335 g/mol. The Hall–Kier alpha value is -2.46. The first-order chi connectivity index (χ1) is 12.1. The highest BCUT2D eigenvalue weighted by Crippen LogP contribution is 2.37. The maximum atomic E-state index is 12.8. The molecule has 0 bridgehead atoms. The minimum absolute atomic E-state index is 0.00642.